The van der Waals surface area contributed by atoms with E-state index in [0.717, 1.165) is 0 Å². The number of imide groups is 1. The number of hydrogen-bond donors (Lipinski definition) is 2. The van der Waals surface area contributed by atoms with Crippen molar-refractivity contribution in [3.63, 3.8) is 0 Å². The molecule has 1 heterocycles. The van der Waals surface area contributed by atoms with E-state index in [0.29, 0.717) is 25.3 Å². The number of carbonyl (C=O) groups excluding carboxylic acids is 2. The summed E-state index contributed by atoms with van der Waals surface area (Å²) < 4.78 is 47.4. The largest absolute Gasteiger partial charge is 0.490 e. The van der Waals surface area contributed by atoms with Crippen molar-refractivity contribution in [1.29, 1.82) is 0 Å². The summed E-state index contributed by atoms with van der Waals surface area (Å²) in [5, 5.41) is 2.23. The normalized spacial score (nSPS) is 15.5. The molecule has 0 aliphatic carbocycles. The first-order valence-electron chi connectivity index (χ1n) is 10.6. The lowest BCUT2D eigenvalue weighted by Crippen LogP contribution is -2.49. The molecule has 2 rings (SSSR count). The molecule has 178 valence electrons. The summed E-state index contributed by atoms with van der Waals surface area (Å²) in [5.74, 6) is -0.616. The highest BCUT2D eigenvalue weighted by Gasteiger charge is 2.27. The number of nitrogens with one attached hydrogen (secondary N) is 2. The molecule has 0 aromatic heterocycles. The molecular formula is C22H32FN3O5S. The number of nitrogens with zero attached hydrogens (tertiary/aromatic N) is 1. The van der Waals surface area contributed by atoms with Gasteiger partial charge in [0.25, 0.3) is 0 Å². The van der Waals surface area contributed by atoms with Crippen molar-refractivity contribution in [3.8, 4) is 5.75 Å². The molecule has 2 N–H and O–H groups in total. The van der Waals surface area contributed by atoms with Gasteiger partial charge in [-0.05, 0) is 43.9 Å². The highest BCUT2D eigenvalue weighted by atomic mass is 32.2. The number of allylic oxidation sites excluding steroid dienone is 1. The van der Waals surface area contributed by atoms with E-state index in [1.807, 2.05) is 13.8 Å². The summed E-state index contributed by atoms with van der Waals surface area (Å²) in [6.45, 7) is 8.31. The summed E-state index contributed by atoms with van der Waals surface area (Å²) in [6, 6.07) is 3.88. The molecule has 0 unspecified atom stereocenters. The highest BCUT2D eigenvalue weighted by Crippen LogP contribution is 2.27. The van der Waals surface area contributed by atoms with Crippen LogP contribution in [0.1, 0.15) is 46.1 Å². The minimum absolute atomic E-state index is 0.0925. The fourth-order valence-corrected chi connectivity index (χ4v) is 4.52. The second kappa shape index (κ2) is 10.9. The molecule has 1 aliphatic heterocycles. The maximum atomic E-state index is 14.0. The van der Waals surface area contributed by atoms with Crippen LogP contribution in [0.15, 0.2) is 30.4 Å². The number of rotatable bonds is 11. The van der Waals surface area contributed by atoms with Gasteiger partial charge in [-0.25, -0.2) is 22.3 Å². The number of benzene rings is 1. The lowest BCUT2D eigenvalue weighted by molar-refractivity contribution is -0.121. The topological polar surface area (TPSA) is 105 Å². The van der Waals surface area contributed by atoms with Crippen LogP contribution in [0.4, 0.5) is 9.18 Å². The number of halogens is 1. The molecule has 0 atom stereocenters. The van der Waals surface area contributed by atoms with Crippen molar-refractivity contribution in [2.45, 2.75) is 46.1 Å². The summed E-state index contributed by atoms with van der Waals surface area (Å²) in [7, 11) is -3.63. The van der Waals surface area contributed by atoms with Crippen LogP contribution in [0.2, 0.25) is 0 Å². The highest BCUT2D eigenvalue weighted by molar-refractivity contribution is 7.89. The molecule has 1 aromatic carbocycles. The van der Waals surface area contributed by atoms with Crippen LogP contribution in [-0.2, 0) is 20.4 Å². The van der Waals surface area contributed by atoms with Gasteiger partial charge < -0.3 is 9.64 Å². The van der Waals surface area contributed by atoms with Gasteiger partial charge >= 0.3 is 6.03 Å². The third-order valence-corrected chi connectivity index (χ3v) is 6.42. The maximum Gasteiger partial charge on any atom is 0.324 e. The van der Waals surface area contributed by atoms with E-state index in [1.54, 1.807) is 26.0 Å². The van der Waals surface area contributed by atoms with Crippen molar-refractivity contribution in [2.24, 2.45) is 5.92 Å². The molecule has 0 bridgehead atoms. The molecule has 32 heavy (non-hydrogen) atoms. The fourth-order valence-electron chi connectivity index (χ4n) is 3.07. The summed E-state index contributed by atoms with van der Waals surface area (Å²) in [5.41, 5.74) is -0.382. The minimum Gasteiger partial charge on any atom is -0.490 e. The van der Waals surface area contributed by atoms with Crippen molar-refractivity contribution >= 4 is 22.0 Å². The average molecular weight is 470 g/mol. The SMILES string of the molecule is CC(C)COc1cc(C(C)(C)NS(=O)(=O)CC/C=C/CN2CCC(=O)NC2=O)ccc1F. The number of carbonyl (C=O) groups is 2. The quantitative estimate of drug-likeness (QED) is 0.485. The van der Waals surface area contributed by atoms with Crippen molar-refractivity contribution in [3.05, 3.63) is 41.7 Å². The third kappa shape index (κ3) is 7.90. The zero-order chi connectivity index (χ0) is 23.9. The van der Waals surface area contributed by atoms with E-state index in [1.165, 1.54) is 23.1 Å². The monoisotopic (exact) mass is 469 g/mol. The first kappa shape index (κ1) is 25.8. The molecule has 10 heteroatoms. The lowest BCUT2D eigenvalue weighted by Gasteiger charge is -2.27. The molecule has 1 aliphatic rings. The molecular weight excluding hydrogens is 437 g/mol. The minimum atomic E-state index is -3.63. The van der Waals surface area contributed by atoms with Crippen LogP contribution >= 0.6 is 0 Å². The van der Waals surface area contributed by atoms with Crippen LogP contribution in [-0.4, -0.2) is 50.7 Å². The van der Waals surface area contributed by atoms with Crippen LogP contribution < -0.4 is 14.8 Å². The van der Waals surface area contributed by atoms with Crippen LogP contribution in [0.25, 0.3) is 0 Å². The van der Waals surface area contributed by atoms with Crippen molar-refractivity contribution in [1.82, 2.24) is 14.9 Å². The molecule has 0 radical (unpaired) electrons. The van der Waals surface area contributed by atoms with Crippen LogP contribution in [0.3, 0.4) is 0 Å². The van der Waals surface area contributed by atoms with Gasteiger partial charge in [-0.1, -0.05) is 32.1 Å². The van der Waals surface area contributed by atoms with Gasteiger partial charge in [0.1, 0.15) is 0 Å². The Hall–Kier alpha value is -2.46. The number of hydrogen-bond acceptors (Lipinski definition) is 5. The molecule has 8 nitrogen and oxygen atoms in total. The Morgan fingerprint density at radius 3 is 2.66 bits per heavy atom. The molecule has 3 amide bonds. The fraction of sp³-hybridized carbons (Fsp3) is 0.545. The first-order chi connectivity index (χ1) is 14.9. The van der Waals surface area contributed by atoms with Gasteiger partial charge in [0.2, 0.25) is 15.9 Å². The second-order valence-electron chi connectivity index (χ2n) is 8.71. The van der Waals surface area contributed by atoms with E-state index >= 15 is 0 Å². The van der Waals surface area contributed by atoms with Crippen molar-refractivity contribution < 1.29 is 27.1 Å². The Kier molecular flexibility index (Phi) is 8.80. The van der Waals surface area contributed by atoms with Gasteiger partial charge in [-0.2, -0.15) is 0 Å². The predicted molar refractivity (Wildman–Crippen MR) is 120 cm³/mol. The summed E-state index contributed by atoms with van der Waals surface area (Å²) in [6.07, 6.45) is 3.90. The number of amides is 3. The number of sulfonamides is 1. The zero-order valence-corrected chi connectivity index (χ0v) is 19.8. The number of urea groups is 1. The Balaban J connectivity index is 1.92. The maximum absolute atomic E-state index is 14.0. The van der Waals surface area contributed by atoms with Gasteiger partial charge in [0, 0.05) is 19.5 Å². The Morgan fingerprint density at radius 1 is 1.28 bits per heavy atom. The summed E-state index contributed by atoms with van der Waals surface area (Å²) >= 11 is 0. The van der Waals surface area contributed by atoms with Crippen LogP contribution in [0.5, 0.6) is 5.75 Å². The van der Waals surface area contributed by atoms with Crippen molar-refractivity contribution in [2.75, 3.05) is 25.4 Å². The zero-order valence-electron chi connectivity index (χ0n) is 19.0. The average Bonchev–Trinajstić information content (AvgIpc) is 2.67. The van der Waals surface area contributed by atoms with Gasteiger partial charge in [0.05, 0.1) is 17.9 Å². The second-order valence-corrected chi connectivity index (χ2v) is 10.5. The van der Waals surface area contributed by atoms with E-state index in [2.05, 4.69) is 10.0 Å². The van der Waals surface area contributed by atoms with Crippen LogP contribution in [0, 0.1) is 11.7 Å². The standard InChI is InChI=1S/C22H32FN3O5S/c1-16(2)15-31-19-14-17(8-9-18(19)23)22(3,4)25-32(29,30)13-7-5-6-11-26-12-10-20(27)24-21(26)28/h5-6,8-9,14,16,25H,7,10-13,15H2,1-4H3,(H,24,27,28)/b6-5+. The number of ether oxygens (including phenoxy) is 1. The van der Waals surface area contributed by atoms with Gasteiger partial charge in [-0.15, -0.1) is 0 Å². The molecule has 1 fully saturated rings. The predicted octanol–water partition coefficient (Wildman–Crippen LogP) is 2.90. The molecule has 0 spiro atoms. The van der Waals surface area contributed by atoms with Gasteiger partial charge in [-0.3, -0.25) is 10.1 Å². The van der Waals surface area contributed by atoms with E-state index in [4.69, 9.17) is 4.74 Å². The summed E-state index contributed by atoms with van der Waals surface area (Å²) in [4.78, 5) is 24.3. The van der Waals surface area contributed by atoms with E-state index in [9.17, 15) is 22.4 Å². The first-order valence-corrected chi connectivity index (χ1v) is 12.2. The Bertz CT molecular complexity index is 960. The Morgan fingerprint density at radius 2 is 2.00 bits per heavy atom. The smallest absolute Gasteiger partial charge is 0.324 e. The Labute approximate surface area is 189 Å². The lowest BCUT2D eigenvalue weighted by atomic mass is 9.95. The van der Waals surface area contributed by atoms with E-state index < -0.39 is 27.4 Å². The third-order valence-electron chi connectivity index (χ3n) is 4.82. The molecule has 1 saturated heterocycles. The van der Waals surface area contributed by atoms with Gasteiger partial charge in [0.15, 0.2) is 11.6 Å². The molecule has 0 saturated carbocycles. The van der Waals surface area contributed by atoms with E-state index in [-0.39, 0.29) is 36.2 Å². The molecule has 1 aromatic rings.